The van der Waals surface area contributed by atoms with Gasteiger partial charge in [-0.15, -0.1) is 0 Å². The molecule has 0 saturated heterocycles. The maximum Gasteiger partial charge on any atom is 0.204 e. The van der Waals surface area contributed by atoms with Crippen molar-refractivity contribution in [1.82, 2.24) is 0 Å². The fourth-order valence-corrected chi connectivity index (χ4v) is 1.90. The molecule has 0 heterocycles. The topological polar surface area (TPSA) is 62.5 Å². The van der Waals surface area contributed by atoms with Gasteiger partial charge < -0.3 is 14.6 Å². The van der Waals surface area contributed by atoms with Crippen molar-refractivity contribution in [1.29, 1.82) is 5.26 Å². The Morgan fingerprint density at radius 3 is 2.26 bits per heavy atom. The molecule has 0 aliphatic heterocycles. The van der Waals surface area contributed by atoms with Crippen LogP contribution in [0.3, 0.4) is 0 Å². The Morgan fingerprint density at radius 1 is 1.42 bits per heavy atom. The molecule has 19 heavy (non-hydrogen) atoms. The number of ether oxygens (including phenoxy) is 2. The van der Waals surface area contributed by atoms with Crippen LogP contribution >= 0.6 is 0 Å². The number of aliphatic hydroxyl groups is 1. The highest BCUT2D eigenvalue weighted by Crippen LogP contribution is 2.36. The fourth-order valence-electron chi connectivity index (χ4n) is 1.90. The number of hydrogen-bond acceptors (Lipinski definition) is 4. The smallest absolute Gasteiger partial charge is 0.204 e. The van der Waals surface area contributed by atoms with Crippen molar-refractivity contribution in [3.8, 4) is 6.07 Å². The van der Waals surface area contributed by atoms with E-state index in [-0.39, 0.29) is 0 Å². The standard InChI is InChI=1S/C15H27NO3/c1-8-11(3)15(10-16,13(17)14(5,6)7)19-12(4)18-9-2/h8,12-13,17H,9H2,1-7H3/b11-8+. The largest absolute Gasteiger partial charge is 0.388 e. The first kappa shape index (κ1) is 18.1. The molecule has 0 aromatic rings. The molecule has 4 nitrogen and oxygen atoms in total. The van der Waals surface area contributed by atoms with Gasteiger partial charge in [-0.3, -0.25) is 0 Å². The van der Waals surface area contributed by atoms with Crippen molar-refractivity contribution in [2.75, 3.05) is 6.61 Å². The maximum absolute atomic E-state index is 10.6. The zero-order valence-corrected chi connectivity index (χ0v) is 13.2. The van der Waals surface area contributed by atoms with Crippen molar-refractivity contribution in [3.05, 3.63) is 11.6 Å². The Balaban J connectivity index is 5.54. The summed E-state index contributed by atoms with van der Waals surface area (Å²) in [5, 5.41) is 20.2. The Labute approximate surface area is 117 Å². The van der Waals surface area contributed by atoms with Crippen molar-refractivity contribution in [2.24, 2.45) is 5.41 Å². The second kappa shape index (κ2) is 7.04. The summed E-state index contributed by atoms with van der Waals surface area (Å²) in [5.74, 6) is 0. The minimum absolute atomic E-state index is 0.480. The van der Waals surface area contributed by atoms with E-state index < -0.39 is 23.4 Å². The van der Waals surface area contributed by atoms with Crippen LogP contribution in [0.15, 0.2) is 11.6 Å². The van der Waals surface area contributed by atoms with Crippen LogP contribution in [-0.4, -0.2) is 29.7 Å². The molecule has 0 fully saturated rings. The molecule has 0 rings (SSSR count). The zero-order chi connectivity index (χ0) is 15.3. The Bertz CT molecular complexity index is 351. The van der Waals surface area contributed by atoms with Crippen LogP contribution in [0.5, 0.6) is 0 Å². The lowest BCUT2D eigenvalue weighted by molar-refractivity contribution is -0.209. The number of nitriles is 1. The minimum atomic E-state index is -1.39. The van der Waals surface area contributed by atoms with E-state index in [9.17, 15) is 10.4 Å². The van der Waals surface area contributed by atoms with Gasteiger partial charge in [0.05, 0.1) is 0 Å². The van der Waals surface area contributed by atoms with Crippen LogP contribution in [-0.2, 0) is 9.47 Å². The molecule has 110 valence electrons. The molecule has 0 bridgehead atoms. The molecule has 0 spiro atoms. The molecule has 0 aromatic carbocycles. The zero-order valence-electron chi connectivity index (χ0n) is 13.2. The minimum Gasteiger partial charge on any atom is -0.388 e. The van der Waals surface area contributed by atoms with Crippen LogP contribution in [0, 0.1) is 16.7 Å². The van der Waals surface area contributed by atoms with Crippen LogP contribution in [0.1, 0.15) is 48.5 Å². The normalized spacial score (nSPS) is 19.4. The first-order valence-corrected chi connectivity index (χ1v) is 6.67. The van der Waals surface area contributed by atoms with Crippen molar-refractivity contribution < 1.29 is 14.6 Å². The van der Waals surface area contributed by atoms with Gasteiger partial charge in [-0.25, -0.2) is 0 Å². The van der Waals surface area contributed by atoms with Crippen LogP contribution < -0.4 is 0 Å². The van der Waals surface area contributed by atoms with Gasteiger partial charge in [0.15, 0.2) is 6.29 Å². The third-order valence-electron chi connectivity index (χ3n) is 3.14. The van der Waals surface area contributed by atoms with Crippen LogP contribution in [0.4, 0.5) is 0 Å². The summed E-state index contributed by atoms with van der Waals surface area (Å²) in [6.07, 6.45) is 0.275. The van der Waals surface area contributed by atoms with E-state index in [1.807, 2.05) is 34.6 Å². The van der Waals surface area contributed by atoms with Crippen molar-refractivity contribution in [3.63, 3.8) is 0 Å². The summed E-state index contributed by atoms with van der Waals surface area (Å²) in [6.45, 7) is 13.3. The average Bonchev–Trinajstić information content (AvgIpc) is 2.33. The van der Waals surface area contributed by atoms with Crippen molar-refractivity contribution >= 4 is 0 Å². The molecule has 0 amide bonds. The molecule has 3 unspecified atom stereocenters. The Morgan fingerprint density at radius 2 is 1.95 bits per heavy atom. The quantitative estimate of drug-likeness (QED) is 0.594. The summed E-state index contributed by atoms with van der Waals surface area (Å²) >= 11 is 0. The van der Waals surface area contributed by atoms with E-state index in [0.29, 0.717) is 12.2 Å². The van der Waals surface area contributed by atoms with Crippen LogP contribution in [0.2, 0.25) is 0 Å². The average molecular weight is 269 g/mol. The van der Waals surface area contributed by atoms with E-state index in [1.165, 1.54) is 0 Å². The van der Waals surface area contributed by atoms with E-state index in [1.54, 1.807) is 19.9 Å². The van der Waals surface area contributed by atoms with Gasteiger partial charge in [-0.1, -0.05) is 26.8 Å². The second-order valence-corrected chi connectivity index (χ2v) is 5.73. The number of allylic oxidation sites excluding steroid dienone is 1. The third-order valence-corrected chi connectivity index (χ3v) is 3.14. The number of hydrogen-bond donors (Lipinski definition) is 1. The highest BCUT2D eigenvalue weighted by atomic mass is 16.7. The number of aliphatic hydroxyl groups excluding tert-OH is 1. The lowest BCUT2D eigenvalue weighted by Gasteiger charge is -2.40. The van der Waals surface area contributed by atoms with E-state index in [0.717, 1.165) is 0 Å². The first-order chi connectivity index (χ1) is 8.65. The number of nitrogens with zero attached hydrogens (tertiary/aromatic N) is 1. The van der Waals surface area contributed by atoms with Gasteiger partial charge in [0.2, 0.25) is 5.60 Å². The lowest BCUT2D eigenvalue weighted by Crippen LogP contribution is -2.53. The SMILES string of the molecule is C/C=C(\C)C(C#N)(OC(C)OCC)C(O)C(C)(C)C. The summed E-state index contributed by atoms with van der Waals surface area (Å²) in [4.78, 5) is 0. The van der Waals surface area contributed by atoms with Gasteiger partial charge in [0.25, 0.3) is 0 Å². The molecule has 4 heteroatoms. The van der Waals surface area contributed by atoms with Crippen LogP contribution in [0.25, 0.3) is 0 Å². The molecule has 0 saturated carbocycles. The monoisotopic (exact) mass is 269 g/mol. The predicted octanol–water partition coefficient (Wildman–Crippen LogP) is 3.02. The molecular formula is C15H27NO3. The molecule has 0 aromatic heterocycles. The Hall–Kier alpha value is -0.890. The second-order valence-electron chi connectivity index (χ2n) is 5.73. The van der Waals surface area contributed by atoms with E-state index in [2.05, 4.69) is 6.07 Å². The summed E-state index contributed by atoms with van der Waals surface area (Å²) in [7, 11) is 0. The van der Waals surface area contributed by atoms with Gasteiger partial charge in [0, 0.05) is 6.61 Å². The molecule has 1 N–H and O–H groups in total. The summed E-state index contributed by atoms with van der Waals surface area (Å²) < 4.78 is 11.1. The summed E-state index contributed by atoms with van der Waals surface area (Å²) in [6, 6.07) is 2.14. The molecular weight excluding hydrogens is 242 g/mol. The third kappa shape index (κ3) is 4.31. The highest BCUT2D eigenvalue weighted by Gasteiger charge is 2.48. The fraction of sp³-hybridized carbons (Fsp3) is 0.800. The maximum atomic E-state index is 10.6. The van der Waals surface area contributed by atoms with E-state index in [4.69, 9.17) is 9.47 Å². The first-order valence-electron chi connectivity index (χ1n) is 6.67. The van der Waals surface area contributed by atoms with Crippen molar-refractivity contribution in [2.45, 2.75) is 66.5 Å². The summed E-state index contributed by atoms with van der Waals surface area (Å²) in [5.41, 5.74) is -1.18. The number of rotatable bonds is 6. The molecule has 0 aliphatic carbocycles. The van der Waals surface area contributed by atoms with Gasteiger partial charge >= 0.3 is 0 Å². The van der Waals surface area contributed by atoms with Gasteiger partial charge in [-0.05, 0) is 38.7 Å². The molecule has 0 aliphatic rings. The molecule has 3 atom stereocenters. The Kier molecular flexibility index (Phi) is 6.71. The molecule has 0 radical (unpaired) electrons. The highest BCUT2D eigenvalue weighted by molar-refractivity contribution is 5.29. The van der Waals surface area contributed by atoms with Gasteiger partial charge in [0.1, 0.15) is 12.2 Å². The van der Waals surface area contributed by atoms with E-state index >= 15 is 0 Å². The lowest BCUT2D eigenvalue weighted by atomic mass is 9.75. The van der Waals surface area contributed by atoms with Gasteiger partial charge in [-0.2, -0.15) is 5.26 Å². The predicted molar refractivity (Wildman–Crippen MR) is 75.4 cm³/mol.